The van der Waals surface area contributed by atoms with Crippen molar-refractivity contribution in [2.75, 3.05) is 0 Å². The average molecular weight is 250 g/mol. The maximum atomic E-state index is 5.46. The van der Waals surface area contributed by atoms with Crippen molar-refractivity contribution >= 4 is 7.92 Å². The van der Waals surface area contributed by atoms with Gasteiger partial charge in [-0.1, -0.05) is 28.7 Å². The van der Waals surface area contributed by atoms with Gasteiger partial charge in [0.05, 0.1) is 12.5 Å². The van der Waals surface area contributed by atoms with Crippen LogP contribution in [0.15, 0.2) is 45.6 Å². The van der Waals surface area contributed by atoms with E-state index < -0.39 is 0 Å². The second-order valence-electron chi connectivity index (χ2n) is 5.19. The van der Waals surface area contributed by atoms with Gasteiger partial charge in [0.15, 0.2) is 0 Å². The monoisotopic (exact) mass is 250 g/mol. The van der Waals surface area contributed by atoms with E-state index in [4.69, 9.17) is 8.83 Å². The molecule has 0 saturated heterocycles. The van der Waals surface area contributed by atoms with Crippen LogP contribution in [-0.2, 0) is 12.3 Å². The first-order chi connectivity index (χ1) is 8.05. The Kier molecular flexibility index (Phi) is 3.73. The fourth-order valence-corrected chi connectivity index (χ4v) is 3.88. The molecule has 92 valence electrons. The largest absolute Gasteiger partial charge is 0.469 e. The van der Waals surface area contributed by atoms with Crippen molar-refractivity contribution in [3.05, 3.63) is 48.3 Å². The van der Waals surface area contributed by atoms with E-state index >= 15 is 0 Å². The van der Waals surface area contributed by atoms with Crippen LogP contribution in [0, 0.1) is 0 Å². The molecule has 2 aromatic rings. The van der Waals surface area contributed by atoms with Crippen LogP contribution in [0.4, 0.5) is 0 Å². The summed E-state index contributed by atoms with van der Waals surface area (Å²) in [7, 11) is -0.190. The molecule has 0 atom stereocenters. The predicted molar refractivity (Wildman–Crippen MR) is 71.5 cm³/mol. The smallest absolute Gasteiger partial charge is 0.108 e. The molecular weight excluding hydrogens is 231 g/mol. The summed E-state index contributed by atoms with van der Waals surface area (Å²) in [6.45, 7) is 6.89. The van der Waals surface area contributed by atoms with E-state index in [1.54, 1.807) is 12.5 Å². The Labute approximate surface area is 104 Å². The molecule has 0 N–H and O–H groups in total. The summed E-state index contributed by atoms with van der Waals surface area (Å²) in [5.74, 6) is 2.16. The van der Waals surface area contributed by atoms with Crippen molar-refractivity contribution < 1.29 is 8.83 Å². The second-order valence-corrected chi connectivity index (χ2v) is 8.24. The van der Waals surface area contributed by atoms with E-state index in [-0.39, 0.29) is 7.92 Å². The maximum Gasteiger partial charge on any atom is 0.108 e. The lowest BCUT2D eigenvalue weighted by Gasteiger charge is -2.30. The van der Waals surface area contributed by atoms with E-state index in [0.717, 1.165) is 23.8 Å². The molecule has 2 heterocycles. The minimum Gasteiger partial charge on any atom is -0.469 e. The summed E-state index contributed by atoms with van der Waals surface area (Å²) in [6, 6.07) is 8.03. The number of furan rings is 2. The molecule has 0 bridgehead atoms. The first-order valence-electron chi connectivity index (χ1n) is 5.85. The quantitative estimate of drug-likeness (QED) is 0.725. The van der Waals surface area contributed by atoms with E-state index in [1.807, 2.05) is 12.1 Å². The Hall–Kier alpha value is -1.01. The van der Waals surface area contributed by atoms with E-state index in [2.05, 4.69) is 32.9 Å². The van der Waals surface area contributed by atoms with E-state index in [9.17, 15) is 0 Å². The van der Waals surface area contributed by atoms with Gasteiger partial charge < -0.3 is 8.83 Å². The van der Waals surface area contributed by atoms with Gasteiger partial charge in [-0.2, -0.15) is 0 Å². The Morgan fingerprint density at radius 2 is 1.41 bits per heavy atom. The van der Waals surface area contributed by atoms with Gasteiger partial charge in [0.2, 0.25) is 0 Å². The Morgan fingerprint density at radius 1 is 0.941 bits per heavy atom. The highest BCUT2D eigenvalue weighted by molar-refractivity contribution is 7.57. The number of hydrogen-bond donors (Lipinski definition) is 0. The summed E-state index contributed by atoms with van der Waals surface area (Å²) < 4.78 is 10.9. The average Bonchev–Trinajstić information content (AvgIpc) is 2.87. The topological polar surface area (TPSA) is 26.3 Å². The van der Waals surface area contributed by atoms with E-state index in [1.165, 1.54) is 0 Å². The minimum absolute atomic E-state index is 0.190. The van der Waals surface area contributed by atoms with Crippen LogP contribution in [0.2, 0.25) is 0 Å². The first-order valence-corrected chi connectivity index (χ1v) is 7.57. The van der Waals surface area contributed by atoms with E-state index in [0.29, 0.717) is 5.16 Å². The Morgan fingerprint density at radius 3 is 1.71 bits per heavy atom. The van der Waals surface area contributed by atoms with Gasteiger partial charge in [-0.3, -0.25) is 0 Å². The highest BCUT2D eigenvalue weighted by atomic mass is 31.1. The van der Waals surface area contributed by atoms with Gasteiger partial charge in [0.25, 0.3) is 0 Å². The highest BCUT2D eigenvalue weighted by Gasteiger charge is 2.26. The molecule has 0 radical (unpaired) electrons. The van der Waals surface area contributed by atoms with Gasteiger partial charge in [0, 0.05) is 12.3 Å². The zero-order chi connectivity index (χ0) is 12.3. The number of hydrogen-bond acceptors (Lipinski definition) is 2. The molecule has 0 aliphatic carbocycles. The molecule has 0 fully saturated rings. The predicted octanol–water partition coefficient (Wildman–Crippen LogP) is 4.85. The zero-order valence-electron chi connectivity index (χ0n) is 10.6. The normalized spacial score (nSPS) is 12.2. The second kappa shape index (κ2) is 5.10. The lowest BCUT2D eigenvalue weighted by atomic mass is 10.3. The zero-order valence-corrected chi connectivity index (χ0v) is 11.5. The van der Waals surface area contributed by atoms with Crippen LogP contribution in [0.1, 0.15) is 32.3 Å². The van der Waals surface area contributed by atoms with Gasteiger partial charge in [-0.15, -0.1) is 0 Å². The van der Waals surface area contributed by atoms with Crippen LogP contribution in [-0.4, -0.2) is 5.16 Å². The SMILES string of the molecule is CC(C)(C)P(Cc1ccco1)Cc1ccco1. The van der Waals surface area contributed by atoms with Gasteiger partial charge in [-0.25, -0.2) is 0 Å². The molecule has 2 aromatic heterocycles. The van der Waals surface area contributed by atoms with Crippen LogP contribution in [0.3, 0.4) is 0 Å². The Bertz CT molecular complexity index is 387. The maximum absolute atomic E-state index is 5.46. The molecule has 0 amide bonds. The molecule has 2 rings (SSSR count). The van der Waals surface area contributed by atoms with Crippen molar-refractivity contribution in [3.63, 3.8) is 0 Å². The fraction of sp³-hybridized carbons (Fsp3) is 0.429. The third-order valence-electron chi connectivity index (χ3n) is 2.80. The molecule has 0 aliphatic rings. The fourth-order valence-electron chi connectivity index (χ4n) is 1.71. The molecule has 0 aromatic carbocycles. The van der Waals surface area contributed by atoms with Crippen molar-refractivity contribution in [1.29, 1.82) is 0 Å². The minimum atomic E-state index is -0.190. The summed E-state index contributed by atoms with van der Waals surface area (Å²) in [6.07, 6.45) is 5.54. The molecule has 3 heteroatoms. The summed E-state index contributed by atoms with van der Waals surface area (Å²) in [4.78, 5) is 0. The third kappa shape index (κ3) is 3.47. The molecule has 0 unspecified atom stereocenters. The van der Waals surface area contributed by atoms with Crippen molar-refractivity contribution in [2.24, 2.45) is 0 Å². The van der Waals surface area contributed by atoms with Crippen LogP contribution in [0.5, 0.6) is 0 Å². The highest BCUT2D eigenvalue weighted by Crippen LogP contribution is 2.54. The van der Waals surface area contributed by atoms with Gasteiger partial charge in [0.1, 0.15) is 11.5 Å². The van der Waals surface area contributed by atoms with Crippen molar-refractivity contribution in [2.45, 2.75) is 38.3 Å². The first kappa shape index (κ1) is 12.4. The summed E-state index contributed by atoms with van der Waals surface area (Å²) in [5.41, 5.74) is 0. The lowest BCUT2D eigenvalue weighted by molar-refractivity contribution is 0.521. The molecular formula is C14H19O2P. The van der Waals surface area contributed by atoms with Gasteiger partial charge in [-0.05, 0) is 29.4 Å². The number of rotatable bonds is 4. The molecule has 0 saturated carbocycles. The summed E-state index contributed by atoms with van der Waals surface area (Å²) in [5, 5.41) is 0.301. The summed E-state index contributed by atoms with van der Waals surface area (Å²) >= 11 is 0. The van der Waals surface area contributed by atoms with Gasteiger partial charge >= 0.3 is 0 Å². The van der Waals surface area contributed by atoms with Crippen LogP contribution >= 0.6 is 7.92 Å². The lowest BCUT2D eigenvalue weighted by Crippen LogP contribution is -2.13. The molecule has 0 spiro atoms. The van der Waals surface area contributed by atoms with Crippen LogP contribution < -0.4 is 0 Å². The van der Waals surface area contributed by atoms with Crippen molar-refractivity contribution in [1.82, 2.24) is 0 Å². The Balaban J connectivity index is 2.09. The molecule has 2 nitrogen and oxygen atoms in total. The third-order valence-corrected chi connectivity index (χ3v) is 6.09. The molecule has 0 aliphatic heterocycles. The van der Waals surface area contributed by atoms with Crippen molar-refractivity contribution in [3.8, 4) is 0 Å². The van der Waals surface area contributed by atoms with Crippen LogP contribution in [0.25, 0.3) is 0 Å². The molecule has 17 heavy (non-hydrogen) atoms. The standard InChI is InChI=1S/C14H19O2P/c1-14(2,3)17(10-12-6-4-8-15-12)11-13-7-5-9-16-13/h4-9H,10-11H2,1-3H3.